The maximum absolute atomic E-state index is 12.9. The molecule has 0 aromatic heterocycles. The van der Waals surface area contributed by atoms with E-state index in [9.17, 15) is 14.4 Å². The van der Waals surface area contributed by atoms with Gasteiger partial charge in [0.25, 0.3) is 11.1 Å². The summed E-state index contributed by atoms with van der Waals surface area (Å²) in [4.78, 5) is 40.7. The summed E-state index contributed by atoms with van der Waals surface area (Å²) in [7, 11) is 0. The van der Waals surface area contributed by atoms with Crippen LogP contribution in [0.4, 0.5) is 4.79 Å². The van der Waals surface area contributed by atoms with Crippen LogP contribution in [0.3, 0.4) is 0 Å². The molecule has 2 aromatic rings. The van der Waals surface area contributed by atoms with Crippen LogP contribution in [0.25, 0.3) is 6.08 Å². The van der Waals surface area contributed by atoms with Crippen LogP contribution in [-0.4, -0.2) is 66.3 Å². The third kappa shape index (κ3) is 6.42. The SMILES string of the molecule is CCOc1cc(/C=C2/SC(=O)N(CC(=O)N3CCOCC3)C2=O)cc(Cl)c1OCc1ccc(Br)cc1. The highest BCUT2D eigenvalue weighted by atomic mass is 79.9. The molecule has 0 aliphatic carbocycles. The Morgan fingerprint density at radius 2 is 1.89 bits per heavy atom. The molecule has 0 spiro atoms. The van der Waals surface area contributed by atoms with Crippen molar-refractivity contribution in [3.63, 3.8) is 0 Å². The van der Waals surface area contributed by atoms with E-state index < -0.39 is 11.1 Å². The summed E-state index contributed by atoms with van der Waals surface area (Å²) >= 11 is 10.7. The standard InChI is InChI=1S/C25H24BrClN2O6S/c1-2-34-20-12-17(11-19(27)23(20)35-15-16-3-5-18(26)6-4-16)13-21-24(31)29(25(32)36-21)14-22(30)28-7-9-33-10-8-28/h3-6,11-13H,2,7-10,14-15H2,1H3/b21-13+. The number of thioether (sulfide) groups is 1. The summed E-state index contributed by atoms with van der Waals surface area (Å²) in [6.45, 7) is 4.00. The molecule has 2 aliphatic heterocycles. The van der Waals surface area contributed by atoms with Crippen LogP contribution in [-0.2, 0) is 20.9 Å². The first-order valence-electron chi connectivity index (χ1n) is 11.3. The summed E-state index contributed by atoms with van der Waals surface area (Å²) in [5.41, 5.74) is 1.53. The van der Waals surface area contributed by atoms with E-state index in [1.165, 1.54) is 0 Å². The summed E-state index contributed by atoms with van der Waals surface area (Å²) < 4.78 is 17.9. The van der Waals surface area contributed by atoms with E-state index in [1.807, 2.05) is 31.2 Å². The molecule has 0 radical (unpaired) electrons. The number of halogens is 2. The van der Waals surface area contributed by atoms with Gasteiger partial charge in [-0.3, -0.25) is 19.3 Å². The lowest BCUT2D eigenvalue weighted by Crippen LogP contribution is -2.46. The van der Waals surface area contributed by atoms with E-state index in [2.05, 4.69) is 15.9 Å². The lowest BCUT2D eigenvalue weighted by Gasteiger charge is -2.28. The number of rotatable bonds is 8. The Kier molecular flexibility index (Phi) is 8.95. The van der Waals surface area contributed by atoms with Gasteiger partial charge in [0, 0.05) is 17.6 Å². The van der Waals surface area contributed by atoms with Gasteiger partial charge in [-0.1, -0.05) is 39.7 Å². The van der Waals surface area contributed by atoms with Crippen molar-refractivity contribution in [2.75, 3.05) is 39.5 Å². The molecule has 4 rings (SSSR count). The second-order valence-electron chi connectivity index (χ2n) is 7.94. The van der Waals surface area contributed by atoms with Gasteiger partial charge in [0.15, 0.2) is 11.5 Å². The Balaban J connectivity index is 1.50. The predicted molar refractivity (Wildman–Crippen MR) is 141 cm³/mol. The van der Waals surface area contributed by atoms with Gasteiger partial charge in [0.1, 0.15) is 13.2 Å². The highest BCUT2D eigenvalue weighted by molar-refractivity contribution is 9.10. The maximum Gasteiger partial charge on any atom is 0.294 e. The third-order valence-corrected chi connectivity index (χ3v) is 7.17. The van der Waals surface area contributed by atoms with Crippen molar-refractivity contribution in [3.05, 3.63) is 61.9 Å². The van der Waals surface area contributed by atoms with Crippen molar-refractivity contribution in [2.24, 2.45) is 0 Å². The molecule has 0 atom stereocenters. The molecule has 2 saturated heterocycles. The van der Waals surface area contributed by atoms with E-state index in [4.69, 9.17) is 25.8 Å². The maximum atomic E-state index is 12.9. The fraction of sp³-hybridized carbons (Fsp3) is 0.320. The summed E-state index contributed by atoms with van der Waals surface area (Å²) in [6, 6.07) is 11.1. The Morgan fingerprint density at radius 3 is 2.58 bits per heavy atom. The molecule has 0 bridgehead atoms. The van der Waals surface area contributed by atoms with Gasteiger partial charge in [-0.25, -0.2) is 0 Å². The minimum atomic E-state index is -0.517. The Hall–Kier alpha value is -2.53. The molecule has 2 aromatic carbocycles. The Bertz CT molecular complexity index is 1180. The molecule has 8 nitrogen and oxygen atoms in total. The van der Waals surface area contributed by atoms with Crippen molar-refractivity contribution < 1.29 is 28.6 Å². The van der Waals surface area contributed by atoms with Gasteiger partial charge in [-0.05, 0) is 60.2 Å². The van der Waals surface area contributed by atoms with Crippen LogP contribution < -0.4 is 9.47 Å². The first-order valence-corrected chi connectivity index (χ1v) is 13.3. The van der Waals surface area contributed by atoms with E-state index >= 15 is 0 Å². The van der Waals surface area contributed by atoms with Crippen molar-refractivity contribution in [1.29, 1.82) is 0 Å². The largest absolute Gasteiger partial charge is 0.490 e. The van der Waals surface area contributed by atoms with Crippen LogP contribution in [0.2, 0.25) is 5.02 Å². The van der Waals surface area contributed by atoms with E-state index in [0.717, 1.165) is 26.7 Å². The zero-order valence-electron chi connectivity index (χ0n) is 19.5. The van der Waals surface area contributed by atoms with Gasteiger partial charge < -0.3 is 19.1 Å². The molecule has 2 aliphatic rings. The van der Waals surface area contributed by atoms with Crippen molar-refractivity contribution in [3.8, 4) is 11.5 Å². The lowest BCUT2D eigenvalue weighted by molar-refractivity contribution is -0.139. The Labute approximate surface area is 226 Å². The molecule has 0 N–H and O–H groups in total. The molecule has 2 fully saturated rings. The molecule has 0 unspecified atom stereocenters. The lowest BCUT2D eigenvalue weighted by atomic mass is 10.1. The van der Waals surface area contributed by atoms with Crippen molar-refractivity contribution in [2.45, 2.75) is 13.5 Å². The summed E-state index contributed by atoms with van der Waals surface area (Å²) in [5.74, 6) is 0.0185. The van der Waals surface area contributed by atoms with Gasteiger partial charge in [0.05, 0.1) is 29.7 Å². The second kappa shape index (κ2) is 12.1. The number of imide groups is 1. The summed E-state index contributed by atoms with van der Waals surface area (Å²) in [6.07, 6.45) is 1.57. The van der Waals surface area contributed by atoms with E-state index in [1.54, 1.807) is 23.1 Å². The van der Waals surface area contributed by atoms with Gasteiger partial charge >= 0.3 is 0 Å². The third-order valence-electron chi connectivity index (χ3n) is 5.46. The number of benzene rings is 2. The number of hydrogen-bond donors (Lipinski definition) is 0. The monoisotopic (exact) mass is 594 g/mol. The van der Waals surface area contributed by atoms with Crippen LogP contribution in [0.15, 0.2) is 45.8 Å². The molecular formula is C25H24BrClN2O6S. The number of carbonyl (C=O) groups excluding carboxylic acids is 3. The fourth-order valence-electron chi connectivity index (χ4n) is 3.65. The quantitative estimate of drug-likeness (QED) is 0.398. The zero-order valence-corrected chi connectivity index (χ0v) is 22.7. The Morgan fingerprint density at radius 1 is 1.17 bits per heavy atom. The molecular weight excluding hydrogens is 572 g/mol. The predicted octanol–water partition coefficient (Wildman–Crippen LogP) is 4.98. The average molecular weight is 596 g/mol. The molecule has 0 saturated carbocycles. The summed E-state index contributed by atoms with van der Waals surface area (Å²) in [5, 5.41) is -0.176. The molecule has 190 valence electrons. The molecule has 11 heteroatoms. The van der Waals surface area contributed by atoms with Crippen LogP contribution in [0.5, 0.6) is 11.5 Å². The van der Waals surface area contributed by atoms with Gasteiger partial charge in [-0.2, -0.15) is 0 Å². The minimum absolute atomic E-state index is 0.205. The normalized spacial score (nSPS) is 17.1. The molecule has 3 amide bonds. The molecule has 2 heterocycles. The highest BCUT2D eigenvalue weighted by Gasteiger charge is 2.37. The zero-order chi connectivity index (χ0) is 25.7. The minimum Gasteiger partial charge on any atom is -0.490 e. The second-order valence-corrected chi connectivity index (χ2v) is 10.3. The van der Waals surface area contributed by atoms with Crippen molar-refractivity contribution >= 4 is 62.4 Å². The highest BCUT2D eigenvalue weighted by Crippen LogP contribution is 2.39. The molecule has 36 heavy (non-hydrogen) atoms. The van der Waals surface area contributed by atoms with Crippen LogP contribution >= 0.6 is 39.3 Å². The average Bonchev–Trinajstić information content (AvgIpc) is 3.12. The van der Waals surface area contributed by atoms with Gasteiger partial charge in [-0.15, -0.1) is 0 Å². The first-order chi connectivity index (χ1) is 17.4. The number of carbonyl (C=O) groups is 3. The smallest absolute Gasteiger partial charge is 0.294 e. The van der Waals surface area contributed by atoms with E-state index in [-0.39, 0.29) is 17.4 Å². The van der Waals surface area contributed by atoms with Crippen LogP contribution in [0.1, 0.15) is 18.1 Å². The van der Waals surface area contributed by atoms with Gasteiger partial charge in [0.2, 0.25) is 5.91 Å². The van der Waals surface area contributed by atoms with E-state index in [0.29, 0.717) is 61.6 Å². The number of nitrogens with zero attached hydrogens (tertiary/aromatic N) is 2. The number of morpholine rings is 1. The fourth-order valence-corrected chi connectivity index (χ4v) is 5.02. The number of amides is 3. The van der Waals surface area contributed by atoms with Crippen LogP contribution in [0, 0.1) is 0 Å². The number of hydrogen-bond acceptors (Lipinski definition) is 7. The number of ether oxygens (including phenoxy) is 3. The van der Waals surface area contributed by atoms with Crippen molar-refractivity contribution in [1.82, 2.24) is 9.80 Å². The first kappa shape index (κ1) is 26.5. The topological polar surface area (TPSA) is 85.4 Å².